The molecular formula is C21H42O2Si2. The van der Waals surface area contributed by atoms with Crippen LogP contribution in [0.3, 0.4) is 0 Å². The average Bonchev–Trinajstić information content (AvgIpc) is 2.34. The van der Waals surface area contributed by atoms with Crippen molar-refractivity contribution in [1.82, 2.24) is 0 Å². The summed E-state index contributed by atoms with van der Waals surface area (Å²) < 4.78 is 13.3. The first-order valence-electron chi connectivity index (χ1n) is 9.35. The summed E-state index contributed by atoms with van der Waals surface area (Å²) in [6.45, 7) is 28.8. The minimum atomic E-state index is -1.93. The van der Waals surface area contributed by atoms with Gasteiger partial charge in [-0.1, -0.05) is 47.6 Å². The normalized spacial score (nSPS) is 17.5. The van der Waals surface area contributed by atoms with Crippen LogP contribution in [-0.4, -0.2) is 28.3 Å². The lowest BCUT2D eigenvalue weighted by atomic mass is 9.95. The third kappa shape index (κ3) is 7.05. The largest absolute Gasteiger partial charge is 0.411 e. The van der Waals surface area contributed by atoms with Crippen molar-refractivity contribution in [3.63, 3.8) is 0 Å². The van der Waals surface area contributed by atoms with E-state index in [0.29, 0.717) is 6.42 Å². The molecule has 2 atom stereocenters. The Morgan fingerprint density at radius 1 is 0.960 bits per heavy atom. The maximum atomic E-state index is 6.75. The van der Waals surface area contributed by atoms with Gasteiger partial charge in [-0.3, -0.25) is 0 Å². The van der Waals surface area contributed by atoms with Gasteiger partial charge in [0.1, 0.15) is 0 Å². The Bertz CT molecular complexity index is 489. The molecule has 2 nitrogen and oxygen atoms in total. The van der Waals surface area contributed by atoms with Crippen molar-refractivity contribution in [2.45, 2.75) is 109 Å². The zero-order valence-electron chi connectivity index (χ0n) is 18.7. The molecule has 25 heavy (non-hydrogen) atoms. The van der Waals surface area contributed by atoms with E-state index in [0.717, 1.165) is 6.42 Å². The van der Waals surface area contributed by atoms with Gasteiger partial charge < -0.3 is 8.85 Å². The van der Waals surface area contributed by atoms with Gasteiger partial charge in [-0.15, -0.1) is 18.9 Å². The lowest BCUT2D eigenvalue weighted by Gasteiger charge is -2.46. The smallest absolute Gasteiger partial charge is 0.192 e. The van der Waals surface area contributed by atoms with Gasteiger partial charge in [0.15, 0.2) is 16.6 Å². The van der Waals surface area contributed by atoms with Gasteiger partial charge in [-0.2, -0.15) is 0 Å². The highest BCUT2D eigenvalue weighted by molar-refractivity contribution is 6.74. The van der Waals surface area contributed by atoms with Crippen LogP contribution in [0.15, 0.2) is 12.7 Å². The quantitative estimate of drug-likeness (QED) is 0.262. The predicted octanol–water partition coefficient (Wildman–Crippen LogP) is 6.76. The SMILES string of the molecule is C#CC[C@](C)(CC(C=C)O[Si](C)(C)C(C)(C)C)O[Si](C)(C)C(C)(C)C. The van der Waals surface area contributed by atoms with E-state index in [-0.39, 0.29) is 21.8 Å². The zero-order valence-corrected chi connectivity index (χ0v) is 20.7. The Labute approximate surface area is 160 Å². The molecule has 0 saturated carbocycles. The van der Waals surface area contributed by atoms with Crippen LogP contribution in [0.25, 0.3) is 0 Å². The monoisotopic (exact) mass is 382 g/mol. The lowest BCUT2D eigenvalue weighted by Crippen LogP contribution is -2.51. The van der Waals surface area contributed by atoms with Crippen LogP contribution in [-0.2, 0) is 8.85 Å². The van der Waals surface area contributed by atoms with Crippen molar-refractivity contribution < 1.29 is 8.85 Å². The first kappa shape index (κ1) is 24.7. The zero-order chi connectivity index (χ0) is 20.3. The summed E-state index contributed by atoms with van der Waals surface area (Å²) in [7, 11) is -3.80. The minimum absolute atomic E-state index is 0.0380. The van der Waals surface area contributed by atoms with Crippen LogP contribution in [0.1, 0.15) is 61.3 Å². The molecule has 0 aliphatic heterocycles. The molecule has 0 bridgehead atoms. The molecule has 0 spiro atoms. The standard InChI is InChI=1S/C21H42O2Si2/c1-14-16-21(9,23-25(12,13)20(6,7)8)17-18(15-2)22-24(10,11)19(3,4)5/h1,15,18H,2,16-17H2,3-13H3/t18?,21-/m1/s1. The van der Waals surface area contributed by atoms with Crippen LogP contribution in [0.5, 0.6) is 0 Å². The number of hydrogen-bond acceptors (Lipinski definition) is 2. The molecule has 0 aromatic carbocycles. The Balaban J connectivity index is 5.47. The van der Waals surface area contributed by atoms with Crippen molar-refractivity contribution in [2.24, 2.45) is 0 Å². The van der Waals surface area contributed by atoms with Crippen LogP contribution >= 0.6 is 0 Å². The second kappa shape index (κ2) is 8.12. The molecule has 0 aliphatic carbocycles. The van der Waals surface area contributed by atoms with Gasteiger partial charge in [0.05, 0.1) is 11.7 Å². The molecule has 0 radical (unpaired) electrons. The molecule has 0 aliphatic rings. The van der Waals surface area contributed by atoms with Crippen molar-refractivity contribution in [2.75, 3.05) is 0 Å². The van der Waals surface area contributed by atoms with E-state index < -0.39 is 16.6 Å². The van der Waals surface area contributed by atoms with Crippen molar-refractivity contribution in [3.05, 3.63) is 12.7 Å². The summed E-state index contributed by atoms with van der Waals surface area (Å²) in [6.07, 6.45) is 8.90. The van der Waals surface area contributed by atoms with Gasteiger partial charge in [0, 0.05) is 12.8 Å². The summed E-state index contributed by atoms with van der Waals surface area (Å²) in [5, 5.41) is 0.309. The molecule has 0 aromatic rings. The first-order chi connectivity index (χ1) is 10.9. The maximum absolute atomic E-state index is 6.75. The molecule has 0 heterocycles. The van der Waals surface area contributed by atoms with Crippen molar-refractivity contribution in [3.8, 4) is 12.3 Å². The first-order valence-corrected chi connectivity index (χ1v) is 15.2. The van der Waals surface area contributed by atoms with E-state index in [1.54, 1.807) is 0 Å². The fourth-order valence-electron chi connectivity index (χ4n) is 2.29. The van der Waals surface area contributed by atoms with Gasteiger partial charge in [-0.05, 0) is 43.2 Å². The molecule has 0 aromatic heterocycles. The van der Waals surface area contributed by atoms with E-state index >= 15 is 0 Å². The lowest BCUT2D eigenvalue weighted by molar-refractivity contribution is 0.0346. The maximum Gasteiger partial charge on any atom is 0.192 e. The highest BCUT2D eigenvalue weighted by Gasteiger charge is 2.45. The molecule has 0 rings (SSSR count). The van der Waals surface area contributed by atoms with E-state index in [1.165, 1.54) is 0 Å². The van der Waals surface area contributed by atoms with E-state index in [1.807, 2.05) is 6.08 Å². The number of hydrogen-bond donors (Lipinski definition) is 0. The Kier molecular flexibility index (Phi) is 8.01. The fraction of sp³-hybridized carbons (Fsp3) is 0.810. The minimum Gasteiger partial charge on any atom is -0.411 e. The van der Waals surface area contributed by atoms with Crippen molar-refractivity contribution in [1.29, 1.82) is 0 Å². The van der Waals surface area contributed by atoms with Gasteiger partial charge in [0.25, 0.3) is 0 Å². The molecule has 0 saturated heterocycles. The fourth-order valence-corrected chi connectivity index (χ4v) is 5.27. The number of rotatable bonds is 8. The molecular weight excluding hydrogens is 340 g/mol. The molecule has 0 N–H and O–H groups in total. The summed E-state index contributed by atoms with van der Waals surface area (Å²) in [5.41, 5.74) is -0.390. The molecule has 146 valence electrons. The molecule has 0 amide bonds. The Hall–Kier alpha value is -0.346. The second-order valence-corrected chi connectivity index (χ2v) is 20.0. The topological polar surface area (TPSA) is 18.5 Å². The molecule has 1 unspecified atom stereocenters. The highest BCUT2D eigenvalue weighted by atomic mass is 28.4. The van der Waals surface area contributed by atoms with Crippen molar-refractivity contribution >= 4 is 16.6 Å². The van der Waals surface area contributed by atoms with Gasteiger partial charge in [0.2, 0.25) is 0 Å². The highest BCUT2D eigenvalue weighted by Crippen LogP contribution is 2.42. The summed E-state index contributed by atoms with van der Waals surface area (Å²) in [4.78, 5) is 0. The summed E-state index contributed by atoms with van der Waals surface area (Å²) in [6, 6.07) is 0. The van der Waals surface area contributed by atoms with Gasteiger partial charge >= 0.3 is 0 Å². The van der Waals surface area contributed by atoms with E-state index in [9.17, 15) is 0 Å². The Morgan fingerprint density at radius 3 is 1.72 bits per heavy atom. The number of terminal acetylenes is 1. The average molecular weight is 383 g/mol. The van der Waals surface area contributed by atoms with Crippen LogP contribution in [0.2, 0.25) is 36.3 Å². The predicted molar refractivity (Wildman–Crippen MR) is 117 cm³/mol. The summed E-state index contributed by atoms with van der Waals surface area (Å²) in [5.74, 6) is 2.82. The Morgan fingerprint density at radius 2 is 1.40 bits per heavy atom. The van der Waals surface area contributed by atoms with Crippen LogP contribution in [0.4, 0.5) is 0 Å². The van der Waals surface area contributed by atoms with Crippen LogP contribution in [0, 0.1) is 12.3 Å². The van der Waals surface area contributed by atoms with Gasteiger partial charge in [-0.25, -0.2) is 0 Å². The second-order valence-electron chi connectivity index (χ2n) is 10.5. The summed E-state index contributed by atoms with van der Waals surface area (Å²) >= 11 is 0. The van der Waals surface area contributed by atoms with E-state index in [4.69, 9.17) is 15.3 Å². The molecule has 0 fully saturated rings. The third-order valence-electron chi connectivity index (χ3n) is 5.93. The van der Waals surface area contributed by atoms with E-state index in [2.05, 4.69) is 87.2 Å². The van der Waals surface area contributed by atoms with Crippen LogP contribution < -0.4 is 0 Å². The molecule has 4 heteroatoms. The third-order valence-corrected chi connectivity index (χ3v) is 15.1.